The van der Waals surface area contributed by atoms with Gasteiger partial charge < -0.3 is 5.11 Å². The highest BCUT2D eigenvalue weighted by atomic mass is 16.4. The molecule has 0 heterocycles. The lowest BCUT2D eigenvalue weighted by Crippen LogP contribution is -2.17. The Labute approximate surface area is 113 Å². The fraction of sp³-hybridized carbons (Fsp3) is 0.500. The predicted molar refractivity (Wildman–Crippen MR) is 73.2 cm³/mol. The summed E-state index contributed by atoms with van der Waals surface area (Å²) in [5.74, 6) is -0.862. The van der Waals surface area contributed by atoms with Gasteiger partial charge >= 0.3 is 5.97 Å². The molecule has 0 saturated carbocycles. The molecule has 2 rings (SSSR count). The van der Waals surface area contributed by atoms with Crippen molar-refractivity contribution in [2.45, 2.75) is 39.0 Å². The first kappa shape index (κ1) is 13.8. The number of carboxylic acids is 1. The van der Waals surface area contributed by atoms with Gasteiger partial charge in [0.05, 0.1) is 5.92 Å². The van der Waals surface area contributed by atoms with Crippen LogP contribution in [-0.2, 0) is 11.2 Å². The van der Waals surface area contributed by atoms with Crippen LogP contribution in [0.5, 0.6) is 0 Å². The number of carbonyl (C=O) groups excluding carboxylic acids is 1. The van der Waals surface area contributed by atoms with Crippen molar-refractivity contribution in [3.8, 4) is 0 Å². The summed E-state index contributed by atoms with van der Waals surface area (Å²) in [6.07, 6.45) is 3.63. The van der Waals surface area contributed by atoms with Crippen molar-refractivity contribution >= 4 is 11.8 Å². The Morgan fingerprint density at radius 3 is 2.74 bits per heavy atom. The molecule has 1 aliphatic carbocycles. The number of carbonyl (C=O) groups is 2. The molecule has 0 saturated heterocycles. The molecule has 1 unspecified atom stereocenters. The number of aliphatic carboxylic acids is 1. The van der Waals surface area contributed by atoms with Crippen molar-refractivity contribution < 1.29 is 14.7 Å². The Balaban J connectivity index is 1.95. The Hall–Kier alpha value is -1.64. The van der Waals surface area contributed by atoms with Gasteiger partial charge in [0.2, 0.25) is 0 Å². The molecule has 1 aromatic carbocycles. The lowest BCUT2D eigenvalue weighted by Gasteiger charge is -2.13. The molecule has 0 fully saturated rings. The average molecular weight is 260 g/mol. The van der Waals surface area contributed by atoms with Crippen LogP contribution in [0.2, 0.25) is 0 Å². The third-order valence-corrected chi connectivity index (χ3v) is 3.97. The maximum absolute atomic E-state index is 12.2. The fourth-order valence-electron chi connectivity index (χ4n) is 2.89. The van der Waals surface area contributed by atoms with Gasteiger partial charge in [0.25, 0.3) is 0 Å². The number of hydrogen-bond acceptors (Lipinski definition) is 2. The van der Waals surface area contributed by atoms with E-state index >= 15 is 0 Å². The van der Waals surface area contributed by atoms with Crippen LogP contribution in [0.3, 0.4) is 0 Å². The molecule has 3 heteroatoms. The van der Waals surface area contributed by atoms with Crippen molar-refractivity contribution in [3.63, 3.8) is 0 Å². The molecule has 0 bridgehead atoms. The monoisotopic (exact) mass is 260 g/mol. The zero-order valence-electron chi connectivity index (χ0n) is 11.3. The highest BCUT2D eigenvalue weighted by molar-refractivity contribution is 6.02. The summed E-state index contributed by atoms with van der Waals surface area (Å²) in [5.41, 5.74) is 1.94. The van der Waals surface area contributed by atoms with Crippen molar-refractivity contribution in [3.05, 3.63) is 35.4 Å². The van der Waals surface area contributed by atoms with Crippen LogP contribution in [0.1, 0.15) is 48.5 Å². The number of fused-ring (bicyclic) bond motifs is 1. The van der Waals surface area contributed by atoms with E-state index in [9.17, 15) is 9.59 Å². The highest BCUT2D eigenvalue weighted by Crippen LogP contribution is 2.31. The minimum Gasteiger partial charge on any atom is -0.481 e. The molecule has 102 valence electrons. The number of hydrogen-bond donors (Lipinski definition) is 1. The van der Waals surface area contributed by atoms with Gasteiger partial charge in [0, 0.05) is 11.5 Å². The van der Waals surface area contributed by atoms with Crippen molar-refractivity contribution in [2.75, 3.05) is 0 Å². The lowest BCUT2D eigenvalue weighted by molar-refractivity contribution is -0.142. The van der Waals surface area contributed by atoms with Gasteiger partial charge in [-0.15, -0.1) is 0 Å². The molecule has 0 aliphatic heterocycles. The summed E-state index contributed by atoms with van der Waals surface area (Å²) in [6, 6.07) is 7.70. The molecule has 0 amide bonds. The summed E-state index contributed by atoms with van der Waals surface area (Å²) in [6.45, 7) is 1.99. The molecule has 1 aromatic rings. The average Bonchev–Trinajstić information content (AvgIpc) is 2.72. The van der Waals surface area contributed by atoms with Gasteiger partial charge in [-0.05, 0) is 31.2 Å². The molecule has 3 nitrogen and oxygen atoms in total. The molecule has 19 heavy (non-hydrogen) atoms. The van der Waals surface area contributed by atoms with Gasteiger partial charge in [-0.25, -0.2) is 0 Å². The first-order valence-corrected chi connectivity index (χ1v) is 6.98. The SMILES string of the molecule is CCC[C@H](CCC1Cc2ccccc2C1=O)C(=O)O. The topological polar surface area (TPSA) is 54.4 Å². The van der Waals surface area contributed by atoms with Crippen LogP contribution < -0.4 is 0 Å². The number of ketones is 1. The third-order valence-electron chi connectivity index (χ3n) is 3.97. The minimum absolute atomic E-state index is 0.0175. The Kier molecular flexibility index (Phi) is 4.35. The summed E-state index contributed by atoms with van der Waals surface area (Å²) in [5, 5.41) is 9.13. The molecule has 0 spiro atoms. The maximum atomic E-state index is 12.2. The molecular formula is C16H20O3. The number of Topliss-reactive ketones (excluding diaryl/α,β-unsaturated/α-hetero) is 1. The summed E-state index contributed by atoms with van der Waals surface area (Å²) < 4.78 is 0. The zero-order valence-corrected chi connectivity index (χ0v) is 11.3. The second-order valence-electron chi connectivity index (χ2n) is 5.32. The largest absolute Gasteiger partial charge is 0.481 e. The Morgan fingerprint density at radius 2 is 2.11 bits per heavy atom. The van der Waals surface area contributed by atoms with Crippen molar-refractivity contribution in [1.29, 1.82) is 0 Å². The minimum atomic E-state index is -0.732. The lowest BCUT2D eigenvalue weighted by atomic mass is 9.91. The van der Waals surface area contributed by atoms with E-state index in [0.717, 1.165) is 24.0 Å². The van der Waals surface area contributed by atoms with Crippen LogP contribution in [0.25, 0.3) is 0 Å². The van der Waals surface area contributed by atoms with E-state index in [2.05, 4.69) is 0 Å². The molecule has 1 N–H and O–H groups in total. The first-order chi connectivity index (χ1) is 9.13. The smallest absolute Gasteiger partial charge is 0.306 e. The summed E-state index contributed by atoms with van der Waals surface area (Å²) in [4.78, 5) is 23.3. The van der Waals surface area contributed by atoms with E-state index in [1.807, 2.05) is 31.2 Å². The van der Waals surface area contributed by atoms with E-state index in [4.69, 9.17) is 5.11 Å². The summed E-state index contributed by atoms with van der Waals surface area (Å²) in [7, 11) is 0. The quantitative estimate of drug-likeness (QED) is 0.853. The first-order valence-electron chi connectivity index (χ1n) is 6.98. The second kappa shape index (κ2) is 6.00. The third kappa shape index (κ3) is 3.03. The normalized spacial score (nSPS) is 19.2. The van der Waals surface area contributed by atoms with Gasteiger partial charge in [-0.3, -0.25) is 9.59 Å². The highest BCUT2D eigenvalue weighted by Gasteiger charge is 2.30. The summed E-state index contributed by atoms with van der Waals surface area (Å²) >= 11 is 0. The maximum Gasteiger partial charge on any atom is 0.306 e. The Bertz CT molecular complexity index is 479. The van der Waals surface area contributed by atoms with E-state index in [1.165, 1.54) is 0 Å². The van der Waals surface area contributed by atoms with Crippen LogP contribution in [-0.4, -0.2) is 16.9 Å². The van der Waals surface area contributed by atoms with Crippen LogP contribution in [0.15, 0.2) is 24.3 Å². The Morgan fingerprint density at radius 1 is 1.37 bits per heavy atom. The standard InChI is InChI=1S/C16H20O3/c1-2-5-11(16(18)19)8-9-13-10-12-6-3-4-7-14(12)15(13)17/h3-4,6-7,11,13H,2,5,8-10H2,1H3,(H,18,19)/t11-,13?/m1/s1. The zero-order chi connectivity index (χ0) is 13.8. The molecule has 0 radical (unpaired) electrons. The van der Waals surface area contributed by atoms with E-state index in [0.29, 0.717) is 19.3 Å². The van der Waals surface area contributed by atoms with Gasteiger partial charge in [-0.1, -0.05) is 37.6 Å². The van der Waals surface area contributed by atoms with Gasteiger partial charge in [0.1, 0.15) is 0 Å². The molecule has 1 aliphatic rings. The predicted octanol–water partition coefficient (Wildman–Crippen LogP) is 3.32. The van der Waals surface area contributed by atoms with Crippen LogP contribution >= 0.6 is 0 Å². The number of benzene rings is 1. The number of carboxylic acid groups (broad SMARTS) is 1. The second-order valence-corrected chi connectivity index (χ2v) is 5.32. The van der Waals surface area contributed by atoms with Crippen LogP contribution in [0.4, 0.5) is 0 Å². The van der Waals surface area contributed by atoms with Crippen molar-refractivity contribution in [1.82, 2.24) is 0 Å². The molecule has 2 atom stereocenters. The van der Waals surface area contributed by atoms with Gasteiger partial charge in [0.15, 0.2) is 5.78 Å². The van der Waals surface area contributed by atoms with E-state index < -0.39 is 5.97 Å². The van der Waals surface area contributed by atoms with Gasteiger partial charge in [-0.2, -0.15) is 0 Å². The van der Waals surface area contributed by atoms with Crippen LogP contribution in [0, 0.1) is 11.8 Å². The number of rotatable bonds is 6. The van der Waals surface area contributed by atoms with Crippen molar-refractivity contribution in [2.24, 2.45) is 11.8 Å². The fourth-order valence-corrected chi connectivity index (χ4v) is 2.89. The van der Waals surface area contributed by atoms with E-state index in [1.54, 1.807) is 0 Å². The molecule has 0 aromatic heterocycles. The molecular weight excluding hydrogens is 240 g/mol. The van der Waals surface area contributed by atoms with E-state index in [-0.39, 0.29) is 17.6 Å².